The highest BCUT2D eigenvalue weighted by molar-refractivity contribution is 6.32. The van der Waals surface area contributed by atoms with E-state index in [0.717, 1.165) is 25.2 Å². The van der Waals surface area contributed by atoms with Crippen LogP contribution < -0.4 is 9.47 Å². The lowest BCUT2D eigenvalue weighted by atomic mass is 9.96. The number of halogens is 1. The number of likely N-dealkylation sites (tertiary alicyclic amines) is 1. The van der Waals surface area contributed by atoms with Gasteiger partial charge >= 0.3 is 5.97 Å². The Balaban J connectivity index is 1.60. The molecule has 3 rings (SSSR count). The van der Waals surface area contributed by atoms with Crippen molar-refractivity contribution in [3.8, 4) is 11.5 Å². The highest BCUT2D eigenvalue weighted by atomic mass is 35.5. The summed E-state index contributed by atoms with van der Waals surface area (Å²) in [5, 5.41) is 9.26. The smallest absolute Gasteiger partial charge is 0.303 e. The summed E-state index contributed by atoms with van der Waals surface area (Å²) in [4.78, 5) is 12.8. The van der Waals surface area contributed by atoms with Gasteiger partial charge in [-0.25, -0.2) is 0 Å². The Morgan fingerprint density at radius 2 is 2.21 bits per heavy atom. The molecule has 1 aromatic rings. The summed E-state index contributed by atoms with van der Waals surface area (Å²) in [6.45, 7) is 2.60. The van der Waals surface area contributed by atoms with Gasteiger partial charge in [-0.15, -0.1) is 0 Å². The SMILES string of the molecule is O=C(O)CC1CN(Cc2cc(Cl)c3c(c2)OCO3)C1. The number of carboxylic acids is 1. The molecule has 102 valence electrons. The second-order valence-corrected chi connectivity index (χ2v) is 5.38. The van der Waals surface area contributed by atoms with Crippen molar-refractivity contribution in [2.24, 2.45) is 5.92 Å². The van der Waals surface area contributed by atoms with Crippen LogP contribution in [0.3, 0.4) is 0 Å². The van der Waals surface area contributed by atoms with E-state index in [9.17, 15) is 4.79 Å². The molecule has 0 unspecified atom stereocenters. The van der Waals surface area contributed by atoms with Gasteiger partial charge in [0, 0.05) is 19.6 Å². The first-order chi connectivity index (χ1) is 9.11. The van der Waals surface area contributed by atoms with E-state index in [4.69, 9.17) is 26.2 Å². The van der Waals surface area contributed by atoms with Gasteiger partial charge in [0.15, 0.2) is 11.5 Å². The maximum Gasteiger partial charge on any atom is 0.303 e. The third kappa shape index (κ3) is 2.62. The number of benzene rings is 1. The quantitative estimate of drug-likeness (QED) is 0.915. The number of hydrogen-bond donors (Lipinski definition) is 1. The summed E-state index contributed by atoms with van der Waals surface area (Å²) in [6.07, 6.45) is 0.248. The molecule has 0 aliphatic carbocycles. The van der Waals surface area contributed by atoms with Crippen molar-refractivity contribution in [3.63, 3.8) is 0 Å². The number of hydrogen-bond acceptors (Lipinski definition) is 4. The highest BCUT2D eigenvalue weighted by Crippen LogP contribution is 2.40. The Kier molecular flexibility index (Phi) is 3.24. The molecular formula is C13H14ClNO4. The Hall–Kier alpha value is -1.46. The minimum Gasteiger partial charge on any atom is -0.481 e. The number of rotatable bonds is 4. The van der Waals surface area contributed by atoms with Gasteiger partial charge in [-0.3, -0.25) is 9.69 Å². The van der Waals surface area contributed by atoms with Crippen LogP contribution in [0.5, 0.6) is 11.5 Å². The van der Waals surface area contributed by atoms with Gasteiger partial charge in [0.25, 0.3) is 0 Å². The molecular weight excluding hydrogens is 270 g/mol. The highest BCUT2D eigenvalue weighted by Gasteiger charge is 2.29. The number of fused-ring (bicyclic) bond motifs is 1. The summed E-state index contributed by atoms with van der Waals surface area (Å²) >= 11 is 6.12. The van der Waals surface area contributed by atoms with Crippen molar-refractivity contribution in [2.45, 2.75) is 13.0 Å². The van der Waals surface area contributed by atoms with Crippen LogP contribution in [-0.4, -0.2) is 35.9 Å². The minimum atomic E-state index is -0.726. The van der Waals surface area contributed by atoms with E-state index in [-0.39, 0.29) is 19.1 Å². The van der Waals surface area contributed by atoms with E-state index >= 15 is 0 Å². The number of carbonyl (C=O) groups is 1. The van der Waals surface area contributed by atoms with Gasteiger partial charge < -0.3 is 14.6 Å². The standard InChI is InChI=1S/C13H14ClNO4/c14-10-1-8(2-11-13(10)19-7-18-11)4-15-5-9(6-15)3-12(16)17/h1-2,9H,3-7H2,(H,16,17). The second-order valence-electron chi connectivity index (χ2n) is 4.97. The Bertz CT molecular complexity index is 514. The monoisotopic (exact) mass is 283 g/mol. The Morgan fingerprint density at radius 1 is 1.42 bits per heavy atom. The van der Waals surface area contributed by atoms with Crippen LogP contribution in [0.15, 0.2) is 12.1 Å². The molecule has 2 heterocycles. The number of nitrogens with zero attached hydrogens (tertiary/aromatic N) is 1. The fourth-order valence-electron chi connectivity index (χ4n) is 2.55. The first-order valence-corrected chi connectivity index (χ1v) is 6.52. The molecule has 19 heavy (non-hydrogen) atoms. The summed E-state index contributed by atoms with van der Waals surface area (Å²) in [7, 11) is 0. The van der Waals surface area contributed by atoms with Crippen LogP contribution in [0.2, 0.25) is 5.02 Å². The van der Waals surface area contributed by atoms with Crippen molar-refractivity contribution in [1.82, 2.24) is 4.90 Å². The van der Waals surface area contributed by atoms with Crippen molar-refractivity contribution in [2.75, 3.05) is 19.9 Å². The van der Waals surface area contributed by atoms with E-state index in [2.05, 4.69) is 4.90 Å². The molecule has 1 aromatic carbocycles. The molecule has 1 saturated heterocycles. The maximum absolute atomic E-state index is 10.6. The van der Waals surface area contributed by atoms with Gasteiger partial charge in [-0.05, 0) is 23.6 Å². The fourth-order valence-corrected chi connectivity index (χ4v) is 2.84. The number of carboxylic acid groups (broad SMARTS) is 1. The molecule has 0 spiro atoms. The largest absolute Gasteiger partial charge is 0.481 e. The molecule has 2 aliphatic rings. The molecule has 6 heteroatoms. The van der Waals surface area contributed by atoms with Crippen LogP contribution in [0.4, 0.5) is 0 Å². The zero-order valence-corrected chi connectivity index (χ0v) is 11.0. The third-order valence-corrected chi connectivity index (χ3v) is 3.67. The summed E-state index contributed by atoms with van der Waals surface area (Å²) in [5.74, 6) is 0.834. The third-order valence-electron chi connectivity index (χ3n) is 3.39. The number of ether oxygens (including phenoxy) is 2. The molecule has 0 aromatic heterocycles. The second kappa shape index (κ2) is 4.90. The molecule has 0 radical (unpaired) electrons. The van der Waals surface area contributed by atoms with Crippen LogP contribution in [0, 0.1) is 5.92 Å². The van der Waals surface area contributed by atoms with Gasteiger partial charge in [0.2, 0.25) is 6.79 Å². The Labute approximate surface area is 115 Å². The fraction of sp³-hybridized carbons (Fsp3) is 0.462. The van der Waals surface area contributed by atoms with E-state index in [1.165, 1.54) is 0 Å². The average Bonchev–Trinajstić information content (AvgIpc) is 2.74. The van der Waals surface area contributed by atoms with E-state index in [0.29, 0.717) is 16.5 Å². The average molecular weight is 284 g/mol. The first-order valence-electron chi connectivity index (χ1n) is 6.14. The topological polar surface area (TPSA) is 59.0 Å². The molecule has 0 amide bonds. The van der Waals surface area contributed by atoms with Crippen molar-refractivity contribution in [3.05, 3.63) is 22.7 Å². The predicted molar refractivity (Wildman–Crippen MR) is 68.6 cm³/mol. The summed E-state index contributed by atoms with van der Waals surface area (Å²) in [6, 6.07) is 3.80. The molecule has 0 atom stereocenters. The Morgan fingerprint density at radius 3 is 2.95 bits per heavy atom. The zero-order valence-electron chi connectivity index (χ0n) is 10.3. The van der Waals surface area contributed by atoms with Gasteiger partial charge in [0.05, 0.1) is 11.4 Å². The molecule has 5 nitrogen and oxygen atoms in total. The van der Waals surface area contributed by atoms with Gasteiger partial charge in [-0.1, -0.05) is 11.6 Å². The predicted octanol–water partition coefficient (Wildman–Crippen LogP) is 1.98. The lowest BCUT2D eigenvalue weighted by Gasteiger charge is -2.38. The first kappa shape index (κ1) is 12.6. The van der Waals surface area contributed by atoms with Crippen LogP contribution in [0.1, 0.15) is 12.0 Å². The van der Waals surface area contributed by atoms with Crippen molar-refractivity contribution >= 4 is 17.6 Å². The van der Waals surface area contributed by atoms with Gasteiger partial charge in [0.1, 0.15) is 0 Å². The normalized spacial score (nSPS) is 18.4. The molecule has 1 N–H and O–H groups in total. The zero-order chi connectivity index (χ0) is 13.4. The maximum atomic E-state index is 10.6. The van der Waals surface area contributed by atoms with E-state index < -0.39 is 5.97 Å². The summed E-state index contributed by atoms with van der Waals surface area (Å²) < 4.78 is 10.6. The van der Waals surface area contributed by atoms with Crippen LogP contribution in [0.25, 0.3) is 0 Å². The van der Waals surface area contributed by atoms with Gasteiger partial charge in [-0.2, -0.15) is 0 Å². The number of aliphatic carboxylic acids is 1. The van der Waals surface area contributed by atoms with E-state index in [1.54, 1.807) is 0 Å². The lowest BCUT2D eigenvalue weighted by Crippen LogP contribution is -2.46. The summed E-state index contributed by atoms with van der Waals surface area (Å²) in [5.41, 5.74) is 1.06. The van der Waals surface area contributed by atoms with Crippen LogP contribution in [-0.2, 0) is 11.3 Å². The molecule has 1 fully saturated rings. The van der Waals surface area contributed by atoms with Crippen LogP contribution >= 0.6 is 11.6 Å². The minimum absolute atomic E-state index is 0.211. The van der Waals surface area contributed by atoms with E-state index in [1.807, 2.05) is 12.1 Å². The molecule has 2 aliphatic heterocycles. The van der Waals surface area contributed by atoms with Crippen molar-refractivity contribution < 1.29 is 19.4 Å². The lowest BCUT2D eigenvalue weighted by molar-refractivity contribution is -0.139. The molecule has 0 saturated carbocycles. The van der Waals surface area contributed by atoms with Crippen molar-refractivity contribution in [1.29, 1.82) is 0 Å². The molecule has 0 bridgehead atoms.